The molecule has 0 saturated carbocycles. The zero-order valence-corrected chi connectivity index (χ0v) is 19.1. The lowest BCUT2D eigenvalue weighted by molar-refractivity contribution is 0.324. The van der Waals surface area contributed by atoms with Crippen LogP contribution in [0.3, 0.4) is 0 Å². The van der Waals surface area contributed by atoms with Gasteiger partial charge in [-0.25, -0.2) is 4.99 Å². The quantitative estimate of drug-likeness (QED) is 0.341. The molecular weight excluding hydrogens is 416 g/mol. The van der Waals surface area contributed by atoms with Gasteiger partial charge in [0.25, 0.3) is 0 Å². The second-order valence-corrected chi connectivity index (χ2v) is 7.35. The van der Waals surface area contributed by atoms with Crippen molar-refractivity contribution in [3.63, 3.8) is 0 Å². The lowest BCUT2D eigenvalue weighted by Crippen LogP contribution is -2.38. The summed E-state index contributed by atoms with van der Waals surface area (Å²) >= 11 is 6.15. The summed E-state index contributed by atoms with van der Waals surface area (Å²) in [5.74, 6) is 2.54. The summed E-state index contributed by atoms with van der Waals surface area (Å²) in [5.41, 5.74) is 3.26. The highest BCUT2D eigenvalue weighted by Gasteiger charge is 2.13. The number of aromatic nitrogens is 1. The van der Waals surface area contributed by atoms with Crippen LogP contribution >= 0.6 is 11.6 Å². The summed E-state index contributed by atoms with van der Waals surface area (Å²) in [6.45, 7) is 4.01. The van der Waals surface area contributed by atoms with Crippen LogP contribution in [0.25, 0.3) is 10.9 Å². The van der Waals surface area contributed by atoms with Crippen LogP contribution in [0.15, 0.2) is 41.5 Å². The first-order chi connectivity index (χ1) is 15.1. The Bertz CT molecular complexity index is 1020. The maximum atomic E-state index is 6.15. The molecule has 0 atom stereocenters. The Balaban J connectivity index is 1.68. The molecule has 3 aromatic rings. The Morgan fingerprint density at radius 3 is 2.42 bits per heavy atom. The average Bonchev–Trinajstić information content (AvgIpc) is 3.18. The molecule has 0 fully saturated rings. The van der Waals surface area contributed by atoms with E-state index in [1.165, 1.54) is 5.56 Å². The zero-order valence-electron chi connectivity index (χ0n) is 18.3. The molecule has 166 valence electrons. The van der Waals surface area contributed by atoms with Gasteiger partial charge >= 0.3 is 0 Å². The number of aliphatic imine (C=N–C) groups is 1. The van der Waals surface area contributed by atoms with Crippen LogP contribution in [0.2, 0.25) is 5.02 Å². The Labute approximate surface area is 187 Å². The molecule has 0 aliphatic carbocycles. The van der Waals surface area contributed by atoms with Gasteiger partial charge in [0.15, 0.2) is 17.5 Å². The van der Waals surface area contributed by atoms with Crippen molar-refractivity contribution < 1.29 is 14.2 Å². The fraction of sp³-hybridized carbons (Fsp3) is 0.348. The molecule has 0 radical (unpaired) electrons. The van der Waals surface area contributed by atoms with Gasteiger partial charge in [0.2, 0.25) is 5.75 Å². The number of guanidine groups is 1. The molecule has 8 heteroatoms. The second kappa shape index (κ2) is 10.8. The number of fused-ring (bicyclic) bond motifs is 1. The topological polar surface area (TPSA) is 79.9 Å². The number of aromatic amines is 1. The van der Waals surface area contributed by atoms with E-state index in [4.69, 9.17) is 30.8 Å². The molecule has 0 unspecified atom stereocenters. The molecule has 2 aromatic carbocycles. The monoisotopic (exact) mass is 444 g/mol. The van der Waals surface area contributed by atoms with E-state index in [-0.39, 0.29) is 0 Å². The van der Waals surface area contributed by atoms with Crippen LogP contribution in [0.4, 0.5) is 0 Å². The normalized spacial score (nSPS) is 11.5. The van der Waals surface area contributed by atoms with Crippen LogP contribution in [0.5, 0.6) is 17.2 Å². The Morgan fingerprint density at radius 2 is 1.77 bits per heavy atom. The van der Waals surface area contributed by atoms with E-state index in [0.29, 0.717) is 23.8 Å². The van der Waals surface area contributed by atoms with Crippen LogP contribution in [-0.4, -0.2) is 45.4 Å². The summed E-state index contributed by atoms with van der Waals surface area (Å²) in [6, 6.07) is 9.69. The summed E-state index contributed by atoms with van der Waals surface area (Å²) in [7, 11) is 4.80. The summed E-state index contributed by atoms with van der Waals surface area (Å²) in [5, 5.41) is 8.56. The molecule has 0 aliphatic heterocycles. The van der Waals surface area contributed by atoms with Crippen LogP contribution in [-0.2, 0) is 13.0 Å². The van der Waals surface area contributed by atoms with Crippen LogP contribution < -0.4 is 24.8 Å². The molecular formula is C23H29ClN4O3. The molecule has 0 bridgehead atoms. The van der Waals surface area contributed by atoms with Gasteiger partial charge in [0.05, 0.1) is 27.9 Å². The number of hydrogen-bond donors (Lipinski definition) is 3. The number of H-pyrrole nitrogens is 1. The highest BCUT2D eigenvalue weighted by molar-refractivity contribution is 6.31. The number of benzene rings is 2. The van der Waals surface area contributed by atoms with Gasteiger partial charge in [0.1, 0.15) is 0 Å². The third kappa shape index (κ3) is 5.55. The number of nitrogens with one attached hydrogen (secondary N) is 3. The first kappa shape index (κ1) is 22.6. The summed E-state index contributed by atoms with van der Waals surface area (Å²) in [4.78, 5) is 7.99. The van der Waals surface area contributed by atoms with Crippen molar-refractivity contribution in [3.05, 3.63) is 52.7 Å². The second-order valence-electron chi connectivity index (χ2n) is 6.91. The molecule has 31 heavy (non-hydrogen) atoms. The van der Waals surface area contributed by atoms with E-state index in [1.807, 2.05) is 43.5 Å². The van der Waals surface area contributed by atoms with E-state index < -0.39 is 0 Å². The number of halogens is 1. The minimum Gasteiger partial charge on any atom is -0.493 e. The van der Waals surface area contributed by atoms with E-state index in [9.17, 15) is 0 Å². The minimum absolute atomic E-state index is 0.467. The van der Waals surface area contributed by atoms with Crippen molar-refractivity contribution in [2.75, 3.05) is 34.4 Å². The van der Waals surface area contributed by atoms with E-state index in [2.05, 4.69) is 15.6 Å². The Kier molecular flexibility index (Phi) is 7.89. The third-order valence-electron chi connectivity index (χ3n) is 4.90. The van der Waals surface area contributed by atoms with Gasteiger partial charge < -0.3 is 29.8 Å². The average molecular weight is 445 g/mol. The van der Waals surface area contributed by atoms with E-state index in [1.54, 1.807) is 21.3 Å². The van der Waals surface area contributed by atoms with E-state index >= 15 is 0 Å². The fourth-order valence-electron chi connectivity index (χ4n) is 3.41. The lowest BCUT2D eigenvalue weighted by atomic mass is 10.1. The standard InChI is InChI=1S/C23H29ClN4O3/c1-5-25-23(26-9-8-16-14-27-19-7-6-17(24)12-18(16)19)28-13-15-10-20(29-2)22(31-4)21(11-15)30-3/h6-7,10-12,14,27H,5,8-9,13H2,1-4H3,(H2,25,26,28). The molecule has 1 aromatic heterocycles. The maximum Gasteiger partial charge on any atom is 0.203 e. The number of rotatable bonds is 9. The molecule has 1 heterocycles. The molecule has 0 spiro atoms. The smallest absolute Gasteiger partial charge is 0.203 e. The van der Waals surface area contributed by atoms with Crippen molar-refractivity contribution in [2.45, 2.75) is 19.9 Å². The predicted octanol–water partition coefficient (Wildman–Crippen LogP) is 4.14. The van der Waals surface area contributed by atoms with Gasteiger partial charge in [0, 0.05) is 35.2 Å². The summed E-state index contributed by atoms with van der Waals surface area (Å²) < 4.78 is 16.2. The molecule has 3 N–H and O–H groups in total. The van der Waals surface area contributed by atoms with Gasteiger partial charge in [-0.2, -0.15) is 0 Å². The van der Waals surface area contributed by atoms with Crippen LogP contribution in [0, 0.1) is 0 Å². The first-order valence-electron chi connectivity index (χ1n) is 10.2. The van der Waals surface area contributed by atoms with Gasteiger partial charge in [-0.1, -0.05) is 11.6 Å². The van der Waals surface area contributed by atoms with Crippen molar-refractivity contribution in [1.29, 1.82) is 0 Å². The maximum absolute atomic E-state index is 6.15. The number of methoxy groups -OCH3 is 3. The first-order valence-corrected chi connectivity index (χ1v) is 10.5. The molecule has 0 amide bonds. The van der Waals surface area contributed by atoms with Crippen molar-refractivity contribution in [3.8, 4) is 17.2 Å². The number of nitrogens with zero attached hydrogens (tertiary/aromatic N) is 1. The zero-order chi connectivity index (χ0) is 22.2. The minimum atomic E-state index is 0.467. The number of hydrogen-bond acceptors (Lipinski definition) is 4. The Morgan fingerprint density at radius 1 is 1.03 bits per heavy atom. The predicted molar refractivity (Wildman–Crippen MR) is 126 cm³/mol. The fourth-order valence-corrected chi connectivity index (χ4v) is 3.58. The number of ether oxygens (including phenoxy) is 3. The molecule has 0 saturated heterocycles. The highest BCUT2D eigenvalue weighted by atomic mass is 35.5. The molecule has 3 rings (SSSR count). The lowest BCUT2D eigenvalue weighted by Gasteiger charge is -2.14. The van der Waals surface area contributed by atoms with Gasteiger partial charge in [-0.3, -0.25) is 0 Å². The van der Waals surface area contributed by atoms with Crippen molar-refractivity contribution >= 4 is 28.5 Å². The highest BCUT2D eigenvalue weighted by Crippen LogP contribution is 2.38. The summed E-state index contributed by atoms with van der Waals surface area (Å²) in [6.07, 6.45) is 2.87. The van der Waals surface area contributed by atoms with Gasteiger partial charge in [-0.05, 0) is 54.8 Å². The molecule has 7 nitrogen and oxygen atoms in total. The molecule has 0 aliphatic rings. The van der Waals surface area contributed by atoms with Crippen molar-refractivity contribution in [2.24, 2.45) is 4.99 Å². The van der Waals surface area contributed by atoms with Gasteiger partial charge in [-0.15, -0.1) is 0 Å². The largest absolute Gasteiger partial charge is 0.493 e. The van der Waals surface area contributed by atoms with Crippen LogP contribution in [0.1, 0.15) is 18.1 Å². The van der Waals surface area contributed by atoms with Crippen molar-refractivity contribution in [1.82, 2.24) is 15.6 Å². The Hall–Kier alpha value is -3.06. The SMILES string of the molecule is CCNC(=NCc1cc(OC)c(OC)c(OC)c1)NCCc1c[nH]c2ccc(Cl)cc12. The van der Waals surface area contributed by atoms with E-state index in [0.717, 1.165) is 47.0 Å². The third-order valence-corrected chi connectivity index (χ3v) is 5.14.